The molecule has 1 nitrogen and oxygen atoms in total. The summed E-state index contributed by atoms with van der Waals surface area (Å²) in [6.45, 7) is 4.85. The molecule has 0 saturated carbocycles. The molecule has 0 aliphatic heterocycles. The summed E-state index contributed by atoms with van der Waals surface area (Å²) in [5.74, 6) is -0.383. The minimum Gasteiger partial charge on any atom is -0.310 e. The van der Waals surface area contributed by atoms with Crippen molar-refractivity contribution in [2.45, 2.75) is 26.3 Å². The van der Waals surface area contributed by atoms with Crippen molar-refractivity contribution >= 4 is 23.2 Å². The van der Waals surface area contributed by atoms with E-state index in [1.165, 1.54) is 6.07 Å². The van der Waals surface area contributed by atoms with E-state index in [0.29, 0.717) is 6.42 Å². The van der Waals surface area contributed by atoms with Gasteiger partial charge in [-0.15, -0.1) is 0 Å². The van der Waals surface area contributed by atoms with Gasteiger partial charge >= 0.3 is 0 Å². The molecule has 0 aromatic heterocycles. The number of halogens is 3. The molecule has 0 bridgehead atoms. The molecule has 112 valence electrons. The van der Waals surface area contributed by atoms with Crippen molar-refractivity contribution in [2.75, 3.05) is 6.54 Å². The lowest BCUT2D eigenvalue weighted by Crippen LogP contribution is -2.23. The van der Waals surface area contributed by atoms with Gasteiger partial charge in [0.25, 0.3) is 0 Å². The Morgan fingerprint density at radius 2 is 1.86 bits per heavy atom. The number of hydrogen-bond donors (Lipinski definition) is 1. The predicted molar refractivity (Wildman–Crippen MR) is 87.7 cm³/mol. The highest BCUT2D eigenvalue weighted by molar-refractivity contribution is 6.31. The molecule has 0 aliphatic carbocycles. The molecule has 0 spiro atoms. The van der Waals surface area contributed by atoms with Crippen LogP contribution >= 0.6 is 23.2 Å². The molecular weight excluding hydrogens is 308 g/mol. The first-order valence-corrected chi connectivity index (χ1v) is 7.70. The Morgan fingerprint density at radius 3 is 2.48 bits per heavy atom. The van der Waals surface area contributed by atoms with Gasteiger partial charge in [0.1, 0.15) is 5.82 Å². The second kappa shape index (κ2) is 7.26. The Labute approximate surface area is 135 Å². The Morgan fingerprint density at radius 1 is 1.10 bits per heavy atom. The van der Waals surface area contributed by atoms with Gasteiger partial charge in [-0.2, -0.15) is 0 Å². The highest BCUT2D eigenvalue weighted by atomic mass is 35.5. The number of hydrogen-bond acceptors (Lipinski definition) is 1. The third-order valence-corrected chi connectivity index (χ3v) is 4.19. The van der Waals surface area contributed by atoms with Crippen molar-refractivity contribution in [3.8, 4) is 0 Å². The molecule has 0 heterocycles. The van der Waals surface area contributed by atoms with Crippen LogP contribution < -0.4 is 5.32 Å². The average molecular weight is 326 g/mol. The lowest BCUT2D eigenvalue weighted by atomic mass is 9.98. The van der Waals surface area contributed by atoms with E-state index in [1.54, 1.807) is 6.07 Å². The van der Waals surface area contributed by atoms with Crippen LogP contribution in [0.15, 0.2) is 36.4 Å². The molecule has 1 unspecified atom stereocenters. The normalized spacial score (nSPS) is 12.4. The van der Waals surface area contributed by atoms with Gasteiger partial charge in [-0.05, 0) is 54.8 Å². The molecule has 21 heavy (non-hydrogen) atoms. The Hall–Kier alpha value is -1.09. The SMILES string of the molecule is CCNC(Cc1ccc(Cl)c(F)c1)c1ccc(C)c(Cl)c1. The summed E-state index contributed by atoms with van der Waals surface area (Å²) in [7, 11) is 0. The van der Waals surface area contributed by atoms with Crippen molar-refractivity contribution in [3.05, 3.63) is 69.0 Å². The van der Waals surface area contributed by atoms with E-state index >= 15 is 0 Å². The highest BCUT2D eigenvalue weighted by Crippen LogP contribution is 2.25. The average Bonchev–Trinajstić information content (AvgIpc) is 2.45. The van der Waals surface area contributed by atoms with Gasteiger partial charge in [0.15, 0.2) is 0 Å². The smallest absolute Gasteiger partial charge is 0.142 e. The van der Waals surface area contributed by atoms with Crippen LogP contribution in [0.1, 0.15) is 29.7 Å². The maximum Gasteiger partial charge on any atom is 0.142 e. The van der Waals surface area contributed by atoms with Crippen LogP contribution in [0.2, 0.25) is 10.0 Å². The second-order valence-electron chi connectivity index (χ2n) is 5.07. The Kier molecular flexibility index (Phi) is 5.63. The highest BCUT2D eigenvalue weighted by Gasteiger charge is 2.13. The lowest BCUT2D eigenvalue weighted by Gasteiger charge is -2.19. The lowest BCUT2D eigenvalue weighted by molar-refractivity contribution is 0.546. The van der Waals surface area contributed by atoms with Crippen LogP contribution in [-0.2, 0) is 6.42 Å². The van der Waals surface area contributed by atoms with Crippen LogP contribution in [0, 0.1) is 12.7 Å². The summed E-state index contributed by atoms with van der Waals surface area (Å²) >= 11 is 11.9. The fourth-order valence-electron chi connectivity index (χ4n) is 2.28. The Balaban J connectivity index is 2.25. The van der Waals surface area contributed by atoms with E-state index in [-0.39, 0.29) is 16.9 Å². The molecule has 1 atom stereocenters. The third kappa shape index (κ3) is 4.19. The minimum absolute atomic E-state index is 0.0914. The topological polar surface area (TPSA) is 12.0 Å². The van der Waals surface area contributed by atoms with Crippen molar-refractivity contribution in [2.24, 2.45) is 0 Å². The number of aryl methyl sites for hydroxylation is 1. The second-order valence-corrected chi connectivity index (χ2v) is 5.89. The van der Waals surface area contributed by atoms with Crippen molar-refractivity contribution < 1.29 is 4.39 Å². The quantitative estimate of drug-likeness (QED) is 0.782. The number of rotatable bonds is 5. The summed E-state index contributed by atoms with van der Waals surface area (Å²) in [5.41, 5.74) is 3.05. The summed E-state index contributed by atoms with van der Waals surface area (Å²) in [5, 5.41) is 4.31. The van der Waals surface area contributed by atoms with Gasteiger partial charge in [0.2, 0.25) is 0 Å². The van der Waals surface area contributed by atoms with Gasteiger partial charge < -0.3 is 5.32 Å². The van der Waals surface area contributed by atoms with E-state index in [1.807, 2.05) is 32.0 Å². The fourth-order valence-corrected chi connectivity index (χ4v) is 2.59. The van der Waals surface area contributed by atoms with Gasteiger partial charge in [0.05, 0.1) is 5.02 Å². The molecule has 4 heteroatoms. The van der Waals surface area contributed by atoms with Gasteiger partial charge in [-0.1, -0.05) is 48.3 Å². The summed E-state index contributed by atoms with van der Waals surface area (Å²) in [6, 6.07) is 11.1. The fraction of sp³-hybridized carbons (Fsp3) is 0.294. The monoisotopic (exact) mass is 325 g/mol. The van der Waals surface area contributed by atoms with Crippen LogP contribution in [0.3, 0.4) is 0 Å². The van der Waals surface area contributed by atoms with E-state index < -0.39 is 0 Å². The molecule has 0 saturated heterocycles. The van der Waals surface area contributed by atoms with Crippen molar-refractivity contribution in [1.29, 1.82) is 0 Å². The molecule has 2 aromatic rings. The first kappa shape index (κ1) is 16.3. The number of benzene rings is 2. The molecule has 0 aliphatic rings. The molecule has 0 amide bonds. The van der Waals surface area contributed by atoms with E-state index in [0.717, 1.165) is 28.3 Å². The van der Waals surface area contributed by atoms with E-state index in [9.17, 15) is 4.39 Å². The molecule has 2 rings (SSSR count). The maximum absolute atomic E-state index is 13.6. The zero-order valence-corrected chi connectivity index (χ0v) is 13.6. The summed E-state index contributed by atoms with van der Waals surface area (Å²) in [4.78, 5) is 0. The molecular formula is C17H18Cl2FN. The predicted octanol–water partition coefficient (Wildman–Crippen LogP) is 5.33. The van der Waals surface area contributed by atoms with Crippen LogP contribution in [0.5, 0.6) is 0 Å². The first-order valence-electron chi connectivity index (χ1n) is 6.94. The molecule has 0 fully saturated rings. The van der Waals surface area contributed by atoms with Gasteiger partial charge in [-0.25, -0.2) is 4.39 Å². The van der Waals surface area contributed by atoms with E-state index in [4.69, 9.17) is 23.2 Å². The van der Waals surface area contributed by atoms with Crippen molar-refractivity contribution in [1.82, 2.24) is 5.32 Å². The Bertz CT molecular complexity index is 628. The van der Waals surface area contributed by atoms with Gasteiger partial charge in [0, 0.05) is 11.1 Å². The zero-order chi connectivity index (χ0) is 15.4. The standard InChI is InChI=1S/C17H18Cl2FN/c1-3-21-17(13-6-4-11(2)15(19)10-13)9-12-5-7-14(18)16(20)8-12/h4-8,10,17,21H,3,9H2,1-2H3. The first-order chi connectivity index (χ1) is 10.0. The zero-order valence-electron chi connectivity index (χ0n) is 12.1. The van der Waals surface area contributed by atoms with Crippen LogP contribution in [0.4, 0.5) is 4.39 Å². The van der Waals surface area contributed by atoms with Crippen LogP contribution in [0.25, 0.3) is 0 Å². The largest absolute Gasteiger partial charge is 0.310 e. The van der Waals surface area contributed by atoms with Gasteiger partial charge in [-0.3, -0.25) is 0 Å². The summed E-state index contributed by atoms with van der Waals surface area (Å²) in [6.07, 6.45) is 0.682. The van der Waals surface area contributed by atoms with Crippen LogP contribution in [-0.4, -0.2) is 6.54 Å². The minimum atomic E-state index is -0.383. The maximum atomic E-state index is 13.6. The van der Waals surface area contributed by atoms with E-state index in [2.05, 4.69) is 11.4 Å². The molecule has 2 aromatic carbocycles. The number of nitrogens with one attached hydrogen (secondary N) is 1. The van der Waals surface area contributed by atoms with Crippen molar-refractivity contribution in [3.63, 3.8) is 0 Å². The number of likely N-dealkylation sites (N-methyl/N-ethyl adjacent to an activating group) is 1. The summed E-state index contributed by atoms with van der Waals surface area (Å²) < 4.78 is 13.6. The third-order valence-electron chi connectivity index (χ3n) is 3.47. The molecule has 1 N–H and O–H groups in total. The molecule has 0 radical (unpaired) electrons.